The Morgan fingerprint density at radius 3 is 2.27 bits per heavy atom. The van der Waals surface area contributed by atoms with Gasteiger partial charge in [-0.1, -0.05) is 24.6 Å². The van der Waals surface area contributed by atoms with Gasteiger partial charge >= 0.3 is 6.09 Å². The third kappa shape index (κ3) is 8.19. The zero-order valence-electron chi connectivity index (χ0n) is 22.5. The molecule has 0 atom stereocenters. The number of likely N-dealkylation sites (tertiary alicyclic amines) is 3. The molecule has 3 saturated heterocycles. The summed E-state index contributed by atoms with van der Waals surface area (Å²) in [6.07, 6.45) is 10.6. The fraction of sp³-hybridized carbons (Fsp3) is 0.690. The van der Waals surface area contributed by atoms with Crippen LogP contribution in [0.1, 0.15) is 70.3 Å². The zero-order valence-corrected chi connectivity index (χ0v) is 22.5. The number of benzene rings is 1. The fourth-order valence-corrected chi connectivity index (χ4v) is 6.11. The molecule has 4 rings (SSSR count). The van der Waals surface area contributed by atoms with Gasteiger partial charge in [-0.15, -0.1) is 0 Å². The van der Waals surface area contributed by atoms with Crippen molar-refractivity contribution in [3.05, 3.63) is 29.8 Å². The van der Waals surface area contributed by atoms with Crippen LogP contribution in [-0.4, -0.2) is 84.5 Å². The van der Waals surface area contributed by atoms with Crippen LogP contribution in [0.4, 0.5) is 10.5 Å². The van der Waals surface area contributed by atoms with Gasteiger partial charge in [0.2, 0.25) is 5.91 Å². The van der Waals surface area contributed by atoms with E-state index in [0.717, 1.165) is 63.7 Å². The highest BCUT2D eigenvalue weighted by Crippen LogP contribution is 2.25. The summed E-state index contributed by atoms with van der Waals surface area (Å²) in [5, 5.41) is 2.91. The summed E-state index contributed by atoms with van der Waals surface area (Å²) < 4.78 is 5.41. The average Bonchev–Trinajstić information content (AvgIpc) is 2.93. The Kier molecular flexibility index (Phi) is 10.2. The maximum absolute atomic E-state index is 12.6. The molecule has 1 aromatic carbocycles. The number of hydrogen-bond acceptors (Lipinski definition) is 5. The molecule has 0 aliphatic carbocycles. The molecule has 8 nitrogen and oxygen atoms in total. The number of para-hydroxylation sites is 1. The number of amides is 3. The van der Waals surface area contributed by atoms with Gasteiger partial charge in [0.15, 0.2) is 6.61 Å². The van der Waals surface area contributed by atoms with Crippen molar-refractivity contribution in [2.45, 2.75) is 77.2 Å². The molecule has 3 aliphatic heterocycles. The van der Waals surface area contributed by atoms with Gasteiger partial charge in [0, 0.05) is 44.8 Å². The first kappa shape index (κ1) is 27.4. The monoisotopic (exact) mass is 512 g/mol. The Morgan fingerprint density at radius 1 is 0.892 bits per heavy atom. The first-order chi connectivity index (χ1) is 18.0. The van der Waals surface area contributed by atoms with Crippen molar-refractivity contribution in [3.8, 4) is 0 Å². The van der Waals surface area contributed by atoms with E-state index in [2.05, 4.69) is 16.3 Å². The molecule has 3 fully saturated rings. The van der Waals surface area contributed by atoms with Crippen molar-refractivity contribution in [1.82, 2.24) is 14.7 Å². The summed E-state index contributed by atoms with van der Waals surface area (Å²) in [6, 6.07) is 8.56. The average molecular weight is 513 g/mol. The molecule has 0 unspecified atom stereocenters. The molecule has 3 amide bonds. The third-order valence-corrected chi connectivity index (χ3v) is 8.30. The molecule has 0 bridgehead atoms. The van der Waals surface area contributed by atoms with Crippen LogP contribution in [0.5, 0.6) is 0 Å². The van der Waals surface area contributed by atoms with Crippen LogP contribution in [0.3, 0.4) is 0 Å². The highest BCUT2D eigenvalue weighted by atomic mass is 16.6. The van der Waals surface area contributed by atoms with E-state index in [0.29, 0.717) is 25.0 Å². The van der Waals surface area contributed by atoms with Gasteiger partial charge in [-0.25, -0.2) is 4.79 Å². The molecule has 8 heteroatoms. The van der Waals surface area contributed by atoms with E-state index >= 15 is 0 Å². The normalized spacial score (nSPS) is 20.0. The number of carbonyl (C=O) groups excluding carboxylic acids is 3. The predicted molar refractivity (Wildman–Crippen MR) is 144 cm³/mol. The summed E-state index contributed by atoms with van der Waals surface area (Å²) in [4.78, 5) is 42.8. The van der Waals surface area contributed by atoms with Gasteiger partial charge in [0.05, 0.1) is 0 Å². The summed E-state index contributed by atoms with van der Waals surface area (Å²) in [5.41, 5.74) is 2.06. The minimum Gasteiger partial charge on any atom is -0.439 e. The van der Waals surface area contributed by atoms with Crippen molar-refractivity contribution < 1.29 is 19.1 Å². The Hall–Kier alpha value is -2.61. The minimum atomic E-state index is -0.362. The summed E-state index contributed by atoms with van der Waals surface area (Å²) in [7, 11) is 0. The molecule has 37 heavy (non-hydrogen) atoms. The number of rotatable bonds is 8. The number of anilines is 1. The molecule has 3 heterocycles. The molecule has 204 valence electrons. The molecule has 0 aromatic heterocycles. The number of hydrogen-bond donors (Lipinski definition) is 1. The van der Waals surface area contributed by atoms with Crippen LogP contribution in [0.25, 0.3) is 0 Å². The Bertz CT molecular complexity index is 901. The van der Waals surface area contributed by atoms with Gasteiger partial charge < -0.3 is 24.8 Å². The second-order valence-electron chi connectivity index (χ2n) is 10.9. The second-order valence-corrected chi connectivity index (χ2v) is 10.9. The summed E-state index contributed by atoms with van der Waals surface area (Å²) in [5.74, 6) is 0.463. The number of nitrogens with one attached hydrogen (secondary N) is 1. The van der Waals surface area contributed by atoms with Crippen LogP contribution >= 0.6 is 0 Å². The van der Waals surface area contributed by atoms with E-state index < -0.39 is 0 Å². The smallest absolute Gasteiger partial charge is 0.410 e. The Labute approximate surface area is 221 Å². The van der Waals surface area contributed by atoms with E-state index in [4.69, 9.17) is 4.74 Å². The largest absolute Gasteiger partial charge is 0.439 e. The first-order valence-corrected chi connectivity index (χ1v) is 14.3. The lowest BCUT2D eigenvalue weighted by atomic mass is 9.90. The summed E-state index contributed by atoms with van der Waals surface area (Å²) in [6.45, 7) is 6.66. The van der Waals surface area contributed by atoms with Crippen LogP contribution in [0, 0.1) is 5.92 Å². The highest BCUT2D eigenvalue weighted by Gasteiger charge is 2.29. The van der Waals surface area contributed by atoms with Gasteiger partial charge in [-0.05, 0) is 88.4 Å². The zero-order chi connectivity index (χ0) is 26.0. The van der Waals surface area contributed by atoms with E-state index in [1.165, 1.54) is 44.8 Å². The molecule has 0 spiro atoms. The van der Waals surface area contributed by atoms with Crippen molar-refractivity contribution in [2.75, 3.05) is 51.2 Å². The number of nitrogens with zero attached hydrogens (tertiary/aromatic N) is 3. The number of ether oxygens (including phenoxy) is 1. The summed E-state index contributed by atoms with van der Waals surface area (Å²) >= 11 is 0. The van der Waals surface area contributed by atoms with Crippen LogP contribution in [-0.2, 0) is 20.7 Å². The van der Waals surface area contributed by atoms with Gasteiger partial charge in [-0.3, -0.25) is 9.59 Å². The maximum Gasteiger partial charge on any atom is 0.410 e. The third-order valence-electron chi connectivity index (χ3n) is 8.30. The van der Waals surface area contributed by atoms with E-state index in [1.54, 1.807) is 4.90 Å². The number of piperidine rings is 3. The molecule has 1 N–H and O–H groups in total. The minimum absolute atomic E-state index is 0.0502. The standard InChI is InChI=1S/C29H44N4O4/c1-23(34)30-27-11-4-3-9-25(27)10-7-8-24-12-18-33(19-13-24)29(36)37-22-28(35)32-20-14-26(15-21-32)31-16-5-2-6-17-31/h3-4,9,11,24,26H,2,5-8,10,12-22H2,1H3,(H,30,34). The molecule has 1 aromatic rings. The van der Waals surface area contributed by atoms with Gasteiger partial charge in [-0.2, -0.15) is 0 Å². The SMILES string of the molecule is CC(=O)Nc1ccccc1CCCC1CCN(C(=O)OCC(=O)N2CCC(N3CCCCC3)CC2)CC1. The molecular weight excluding hydrogens is 468 g/mol. The second kappa shape index (κ2) is 13.8. The molecule has 0 radical (unpaired) electrons. The number of carbonyl (C=O) groups is 3. The fourth-order valence-electron chi connectivity index (χ4n) is 6.11. The van der Waals surface area contributed by atoms with Crippen molar-refractivity contribution >= 4 is 23.6 Å². The van der Waals surface area contributed by atoms with Gasteiger partial charge in [0.25, 0.3) is 5.91 Å². The highest BCUT2D eigenvalue weighted by molar-refractivity contribution is 5.89. The predicted octanol–water partition coefficient (Wildman–Crippen LogP) is 4.29. The van der Waals surface area contributed by atoms with Crippen molar-refractivity contribution in [1.29, 1.82) is 0 Å². The van der Waals surface area contributed by atoms with E-state index in [-0.39, 0.29) is 24.5 Å². The van der Waals surface area contributed by atoms with Crippen LogP contribution in [0.15, 0.2) is 24.3 Å². The topological polar surface area (TPSA) is 82.2 Å². The van der Waals surface area contributed by atoms with E-state index in [9.17, 15) is 14.4 Å². The van der Waals surface area contributed by atoms with Gasteiger partial charge in [0.1, 0.15) is 0 Å². The lowest BCUT2D eigenvalue weighted by Gasteiger charge is -2.40. The Morgan fingerprint density at radius 2 is 1.57 bits per heavy atom. The number of aryl methyl sites for hydroxylation is 1. The lowest BCUT2D eigenvalue weighted by Crippen LogP contribution is -2.49. The van der Waals surface area contributed by atoms with E-state index in [1.807, 2.05) is 23.1 Å². The van der Waals surface area contributed by atoms with Crippen LogP contribution in [0.2, 0.25) is 0 Å². The molecule has 0 saturated carbocycles. The van der Waals surface area contributed by atoms with Crippen molar-refractivity contribution in [2.24, 2.45) is 5.92 Å². The quantitative estimate of drug-likeness (QED) is 0.562. The molecular formula is C29H44N4O4. The van der Waals surface area contributed by atoms with Crippen LogP contribution < -0.4 is 5.32 Å². The molecule has 3 aliphatic rings. The Balaban J connectivity index is 1.10. The maximum atomic E-state index is 12.6. The lowest BCUT2D eigenvalue weighted by molar-refractivity contribution is -0.136. The first-order valence-electron chi connectivity index (χ1n) is 14.3. The van der Waals surface area contributed by atoms with Crippen molar-refractivity contribution in [3.63, 3.8) is 0 Å².